The summed E-state index contributed by atoms with van der Waals surface area (Å²) in [6.07, 6.45) is 7.42. The molecule has 0 unspecified atom stereocenters. The predicted molar refractivity (Wildman–Crippen MR) is 97.9 cm³/mol. The Morgan fingerprint density at radius 1 is 1.08 bits per heavy atom. The van der Waals surface area contributed by atoms with Gasteiger partial charge in [-0.05, 0) is 31.7 Å². The molecule has 0 N–H and O–H groups in total. The van der Waals surface area contributed by atoms with E-state index in [4.69, 9.17) is 9.72 Å². The number of hydrogen-bond acceptors (Lipinski definition) is 6. The molecule has 1 fully saturated rings. The number of rotatable bonds is 4. The summed E-state index contributed by atoms with van der Waals surface area (Å²) < 4.78 is 5.86. The summed E-state index contributed by atoms with van der Waals surface area (Å²) in [4.78, 5) is 20.0. The third-order valence-electron chi connectivity index (χ3n) is 4.54. The van der Waals surface area contributed by atoms with E-state index in [-0.39, 0.29) is 5.41 Å². The van der Waals surface area contributed by atoms with Gasteiger partial charge in [0.05, 0.1) is 12.3 Å². The number of nitrogens with zero attached hydrogens (tertiary/aromatic N) is 5. The van der Waals surface area contributed by atoms with Crippen LogP contribution in [0.5, 0.6) is 5.88 Å². The molecule has 0 radical (unpaired) electrons. The lowest BCUT2D eigenvalue weighted by atomic mass is 9.95. The number of piperidine rings is 1. The van der Waals surface area contributed by atoms with Gasteiger partial charge in [0.25, 0.3) is 0 Å². The number of aromatic nitrogens is 4. The van der Waals surface area contributed by atoms with Gasteiger partial charge < -0.3 is 9.64 Å². The van der Waals surface area contributed by atoms with Crippen LogP contribution in [0.1, 0.15) is 45.1 Å². The van der Waals surface area contributed by atoms with Crippen molar-refractivity contribution in [1.82, 2.24) is 19.9 Å². The smallest absolute Gasteiger partial charge is 0.235 e. The summed E-state index contributed by atoms with van der Waals surface area (Å²) in [7, 11) is 0. The summed E-state index contributed by atoms with van der Waals surface area (Å²) in [5.41, 5.74) is 0.812. The third kappa shape index (κ3) is 4.44. The molecule has 6 nitrogen and oxygen atoms in total. The lowest BCUT2D eigenvalue weighted by molar-refractivity contribution is 0.214. The standard InChI is InChI=1S/C19H27N5O/c1-14-17(21-10-9-20-14)25-13-15-6-11-24(12-7-15)16-5-8-22-18(23-16)19(2,3)4/h5,8-10,15H,6-7,11-13H2,1-4H3. The van der Waals surface area contributed by atoms with Gasteiger partial charge in [-0.3, -0.25) is 4.98 Å². The summed E-state index contributed by atoms with van der Waals surface area (Å²) in [6, 6.07) is 2.01. The quantitative estimate of drug-likeness (QED) is 0.851. The average molecular weight is 341 g/mol. The normalized spacial score (nSPS) is 16.1. The molecule has 134 valence electrons. The second-order valence-electron chi connectivity index (χ2n) is 7.68. The van der Waals surface area contributed by atoms with Crippen molar-refractivity contribution in [3.05, 3.63) is 36.2 Å². The minimum absolute atomic E-state index is 0.0310. The number of anilines is 1. The van der Waals surface area contributed by atoms with Crippen molar-refractivity contribution in [1.29, 1.82) is 0 Å². The molecule has 0 aliphatic carbocycles. The third-order valence-corrected chi connectivity index (χ3v) is 4.54. The first-order valence-corrected chi connectivity index (χ1v) is 8.92. The van der Waals surface area contributed by atoms with Crippen LogP contribution in [0.15, 0.2) is 24.7 Å². The highest BCUT2D eigenvalue weighted by Crippen LogP contribution is 2.25. The van der Waals surface area contributed by atoms with E-state index in [1.807, 2.05) is 19.2 Å². The zero-order valence-corrected chi connectivity index (χ0v) is 15.6. The van der Waals surface area contributed by atoms with Crippen LogP contribution < -0.4 is 9.64 Å². The van der Waals surface area contributed by atoms with Gasteiger partial charge >= 0.3 is 0 Å². The number of ether oxygens (including phenoxy) is 1. The zero-order chi connectivity index (χ0) is 17.9. The molecule has 0 atom stereocenters. The Morgan fingerprint density at radius 3 is 2.48 bits per heavy atom. The van der Waals surface area contributed by atoms with E-state index in [0.29, 0.717) is 18.4 Å². The van der Waals surface area contributed by atoms with E-state index in [1.165, 1.54) is 0 Å². The van der Waals surface area contributed by atoms with Crippen molar-refractivity contribution in [3.63, 3.8) is 0 Å². The van der Waals surface area contributed by atoms with Crippen LogP contribution in [-0.2, 0) is 5.41 Å². The highest BCUT2D eigenvalue weighted by molar-refractivity contribution is 5.38. The zero-order valence-electron chi connectivity index (χ0n) is 15.6. The maximum absolute atomic E-state index is 5.86. The highest BCUT2D eigenvalue weighted by Gasteiger charge is 2.23. The summed E-state index contributed by atoms with van der Waals surface area (Å²) >= 11 is 0. The fourth-order valence-corrected chi connectivity index (χ4v) is 2.95. The van der Waals surface area contributed by atoms with Gasteiger partial charge in [-0.2, -0.15) is 0 Å². The van der Waals surface area contributed by atoms with Gasteiger partial charge in [-0.25, -0.2) is 15.0 Å². The molecule has 0 aromatic carbocycles. The Morgan fingerprint density at radius 2 is 1.80 bits per heavy atom. The van der Waals surface area contributed by atoms with Crippen molar-refractivity contribution >= 4 is 5.82 Å². The molecule has 6 heteroatoms. The molecule has 3 rings (SSSR count). The minimum atomic E-state index is -0.0310. The van der Waals surface area contributed by atoms with E-state index >= 15 is 0 Å². The van der Waals surface area contributed by atoms with Crippen molar-refractivity contribution in [2.24, 2.45) is 5.92 Å². The second-order valence-corrected chi connectivity index (χ2v) is 7.68. The Hall–Kier alpha value is -2.24. The van der Waals surface area contributed by atoms with Crippen molar-refractivity contribution in [2.45, 2.75) is 46.0 Å². The molecular weight excluding hydrogens is 314 g/mol. The van der Waals surface area contributed by atoms with Crippen molar-refractivity contribution in [2.75, 3.05) is 24.6 Å². The van der Waals surface area contributed by atoms with Crippen LogP contribution in [0.2, 0.25) is 0 Å². The Kier molecular flexibility index (Phi) is 5.16. The van der Waals surface area contributed by atoms with Crippen LogP contribution >= 0.6 is 0 Å². The van der Waals surface area contributed by atoms with Gasteiger partial charge in [-0.15, -0.1) is 0 Å². The maximum Gasteiger partial charge on any atom is 0.235 e. The number of aryl methyl sites for hydroxylation is 1. The van der Waals surface area contributed by atoms with Crippen LogP contribution in [-0.4, -0.2) is 39.6 Å². The van der Waals surface area contributed by atoms with Gasteiger partial charge in [0.2, 0.25) is 5.88 Å². The predicted octanol–water partition coefficient (Wildman–Crippen LogP) is 3.17. The number of hydrogen-bond donors (Lipinski definition) is 0. The molecule has 0 saturated carbocycles. The molecule has 1 saturated heterocycles. The lowest BCUT2D eigenvalue weighted by Crippen LogP contribution is -2.36. The van der Waals surface area contributed by atoms with Gasteiger partial charge in [-0.1, -0.05) is 20.8 Å². The van der Waals surface area contributed by atoms with Crippen LogP contribution in [0, 0.1) is 12.8 Å². The van der Waals surface area contributed by atoms with E-state index < -0.39 is 0 Å². The van der Waals surface area contributed by atoms with Crippen molar-refractivity contribution in [3.8, 4) is 5.88 Å². The molecule has 0 amide bonds. The lowest BCUT2D eigenvalue weighted by Gasteiger charge is -2.33. The fraction of sp³-hybridized carbons (Fsp3) is 0.579. The molecular formula is C19H27N5O. The van der Waals surface area contributed by atoms with Crippen molar-refractivity contribution < 1.29 is 4.74 Å². The highest BCUT2D eigenvalue weighted by atomic mass is 16.5. The van der Waals surface area contributed by atoms with Crippen LogP contribution in [0.4, 0.5) is 5.82 Å². The van der Waals surface area contributed by atoms with E-state index in [2.05, 4.69) is 40.6 Å². The summed E-state index contributed by atoms with van der Waals surface area (Å²) in [5.74, 6) is 3.12. The first-order valence-electron chi connectivity index (χ1n) is 8.92. The Labute approximate surface area is 149 Å². The molecule has 1 aliphatic heterocycles. The average Bonchev–Trinajstić information content (AvgIpc) is 2.61. The summed E-state index contributed by atoms with van der Waals surface area (Å²) in [6.45, 7) is 11.0. The maximum atomic E-state index is 5.86. The largest absolute Gasteiger partial charge is 0.476 e. The Bertz CT molecular complexity index is 705. The van der Waals surface area contributed by atoms with Gasteiger partial charge in [0.1, 0.15) is 11.6 Å². The monoisotopic (exact) mass is 341 g/mol. The van der Waals surface area contributed by atoms with Crippen LogP contribution in [0.3, 0.4) is 0 Å². The second kappa shape index (κ2) is 7.33. The molecule has 0 bridgehead atoms. The Balaban J connectivity index is 1.55. The molecule has 2 aromatic heterocycles. The first-order chi connectivity index (χ1) is 11.9. The van der Waals surface area contributed by atoms with Gasteiger partial charge in [0.15, 0.2) is 0 Å². The minimum Gasteiger partial charge on any atom is -0.476 e. The topological polar surface area (TPSA) is 64.0 Å². The SMILES string of the molecule is Cc1nccnc1OCC1CCN(c2ccnc(C(C)(C)C)n2)CC1. The molecule has 3 heterocycles. The van der Waals surface area contributed by atoms with E-state index in [1.54, 1.807) is 12.4 Å². The first kappa shape index (κ1) is 17.6. The van der Waals surface area contributed by atoms with E-state index in [9.17, 15) is 0 Å². The molecule has 2 aromatic rings. The molecule has 1 aliphatic rings. The van der Waals surface area contributed by atoms with E-state index in [0.717, 1.165) is 43.3 Å². The fourth-order valence-electron chi connectivity index (χ4n) is 2.95. The van der Waals surface area contributed by atoms with Gasteiger partial charge in [0, 0.05) is 37.1 Å². The molecule has 0 spiro atoms. The molecule has 25 heavy (non-hydrogen) atoms. The summed E-state index contributed by atoms with van der Waals surface area (Å²) in [5, 5.41) is 0. The van der Waals surface area contributed by atoms with Crippen LogP contribution in [0.25, 0.3) is 0 Å².